The predicted molar refractivity (Wildman–Crippen MR) is 83.7 cm³/mol. The Bertz CT molecular complexity index is 463. The van der Waals surface area contributed by atoms with Gasteiger partial charge in [-0.25, -0.2) is 0 Å². The largest absolute Gasteiger partial charge is 0.381 e. The van der Waals surface area contributed by atoms with Crippen molar-refractivity contribution in [2.45, 2.75) is 30.9 Å². The van der Waals surface area contributed by atoms with Crippen LogP contribution in [0.1, 0.15) is 19.3 Å². The van der Waals surface area contributed by atoms with Crippen LogP contribution in [0.5, 0.6) is 0 Å². The Morgan fingerprint density at radius 2 is 2.26 bits per heavy atom. The summed E-state index contributed by atoms with van der Waals surface area (Å²) in [5.74, 6) is 2.34. The number of ether oxygens (including phenoxy) is 1. The Morgan fingerprint density at radius 1 is 1.37 bits per heavy atom. The molecule has 2 aliphatic rings. The van der Waals surface area contributed by atoms with E-state index in [1.54, 1.807) is 6.07 Å². The monoisotopic (exact) mass is 317 g/mol. The second-order valence-corrected chi connectivity index (χ2v) is 7.24. The highest BCUT2D eigenvalue weighted by atomic mass is 35.5. The zero-order chi connectivity index (χ0) is 13.3. The minimum absolute atomic E-state index is 0.0967. The summed E-state index contributed by atoms with van der Waals surface area (Å²) in [6.45, 7) is 0.837. The molecule has 5 heteroatoms. The van der Waals surface area contributed by atoms with E-state index in [2.05, 4.69) is 5.32 Å². The lowest BCUT2D eigenvalue weighted by atomic mass is 9.90. The van der Waals surface area contributed by atoms with Crippen LogP contribution in [0.4, 0.5) is 5.69 Å². The highest BCUT2D eigenvalue weighted by molar-refractivity contribution is 7.99. The SMILES string of the molecule is Clc1ccc(NC2CCOC3(CCSC3)C2)c(Cl)c1. The van der Waals surface area contributed by atoms with E-state index in [1.807, 2.05) is 23.9 Å². The predicted octanol–water partition coefficient (Wildman–Crippen LogP) is 4.46. The summed E-state index contributed by atoms with van der Waals surface area (Å²) in [4.78, 5) is 0. The van der Waals surface area contributed by atoms with Gasteiger partial charge in [0.1, 0.15) is 0 Å². The quantitative estimate of drug-likeness (QED) is 0.870. The van der Waals surface area contributed by atoms with Crippen molar-refractivity contribution in [3.8, 4) is 0 Å². The molecule has 2 unspecified atom stereocenters. The number of thioether (sulfide) groups is 1. The molecule has 3 rings (SSSR count). The molecule has 1 N–H and O–H groups in total. The third-order valence-electron chi connectivity index (χ3n) is 3.85. The molecule has 1 spiro atoms. The molecule has 2 aliphatic heterocycles. The Labute approximate surface area is 128 Å². The zero-order valence-corrected chi connectivity index (χ0v) is 13.0. The molecule has 19 heavy (non-hydrogen) atoms. The molecule has 0 aromatic heterocycles. The lowest BCUT2D eigenvalue weighted by Gasteiger charge is -2.38. The van der Waals surface area contributed by atoms with Crippen LogP contribution in [-0.4, -0.2) is 29.8 Å². The molecule has 0 saturated carbocycles. The second-order valence-electron chi connectivity index (χ2n) is 5.29. The molecule has 0 radical (unpaired) electrons. The summed E-state index contributed by atoms with van der Waals surface area (Å²) in [5.41, 5.74) is 1.07. The lowest BCUT2D eigenvalue weighted by molar-refractivity contribution is -0.0628. The molecule has 0 amide bonds. The molecule has 2 fully saturated rings. The van der Waals surface area contributed by atoms with Gasteiger partial charge in [0.25, 0.3) is 0 Å². The summed E-state index contributed by atoms with van der Waals surface area (Å²) in [6, 6.07) is 6.05. The topological polar surface area (TPSA) is 21.3 Å². The van der Waals surface area contributed by atoms with Crippen molar-refractivity contribution in [1.82, 2.24) is 0 Å². The fourth-order valence-electron chi connectivity index (χ4n) is 2.84. The number of benzene rings is 1. The van der Waals surface area contributed by atoms with Crippen molar-refractivity contribution in [3.63, 3.8) is 0 Å². The van der Waals surface area contributed by atoms with Crippen molar-refractivity contribution < 1.29 is 4.74 Å². The Balaban J connectivity index is 1.69. The van der Waals surface area contributed by atoms with Gasteiger partial charge in [-0.2, -0.15) is 11.8 Å². The van der Waals surface area contributed by atoms with Crippen molar-refractivity contribution in [2.24, 2.45) is 0 Å². The van der Waals surface area contributed by atoms with Gasteiger partial charge in [0.15, 0.2) is 0 Å². The molecular formula is C14H17Cl2NOS. The molecule has 104 valence electrons. The second kappa shape index (κ2) is 5.72. The molecule has 2 heterocycles. The first-order chi connectivity index (χ1) is 9.17. The van der Waals surface area contributed by atoms with Crippen molar-refractivity contribution >= 4 is 40.7 Å². The van der Waals surface area contributed by atoms with Gasteiger partial charge in [0.2, 0.25) is 0 Å². The smallest absolute Gasteiger partial charge is 0.0799 e. The average Bonchev–Trinajstić information content (AvgIpc) is 2.81. The third kappa shape index (κ3) is 3.15. The zero-order valence-electron chi connectivity index (χ0n) is 10.6. The molecule has 0 bridgehead atoms. The minimum atomic E-state index is 0.0967. The van der Waals surface area contributed by atoms with Gasteiger partial charge in [-0.15, -0.1) is 0 Å². The molecule has 1 aromatic carbocycles. The maximum Gasteiger partial charge on any atom is 0.0799 e. The van der Waals surface area contributed by atoms with Crippen LogP contribution >= 0.6 is 35.0 Å². The number of hydrogen-bond acceptors (Lipinski definition) is 3. The first kappa shape index (κ1) is 13.9. The van der Waals surface area contributed by atoms with Gasteiger partial charge < -0.3 is 10.1 Å². The highest BCUT2D eigenvalue weighted by Gasteiger charge is 2.40. The van der Waals surface area contributed by atoms with Crippen molar-refractivity contribution in [3.05, 3.63) is 28.2 Å². The summed E-state index contributed by atoms with van der Waals surface area (Å²) in [5, 5.41) is 4.91. The lowest BCUT2D eigenvalue weighted by Crippen LogP contribution is -2.44. The van der Waals surface area contributed by atoms with Gasteiger partial charge >= 0.3 is 0 Å². The van der Waals surface area contributed by atoms with E-state index in [0.29, 0.717) is 16.1 Å². The summed E-state index contributed by atoms with van der Waals surface area (Å²) in [7, 11) is 0. The van der Waals surface area contributed by atoms with Crippen molar-refractivity contribution in [2.75, 3.05) is 23.4 Å². The number of nitrogens with one attached hydrogen (secondary N) is 1. The van der Waals surface area contributed by atoms with Crippen molar-refractivity contribution in [1.29, 1.82) is 0 Å². The van der Waals surface area contributed by atoms with Gasteiger partial charge in [-0.1, -0.05) is 23.2 Å². The molecule has 0 aliphatic carbocycles. The molecule has 2 nitrogen and oxygen atoms in total. The first-order valence-corrected chi connectivity index (χ1v) is 8.51. The average molecular weight is 318 g/mol. The van der Waals surface area contributed by atoms with Crippen LogP contribution in [0.15, 0.2) is 18.2 Å². The van der Waals surface area contributed by atoms with E-state index in [-0.39, 0.29) is 5.60 Å². The molecular weight excluding hydrogens is 301 g/mol. The fourth-order valence-corrected chi connectivity index (χ4v) is 4.68. The van der Waals surface area contributed by atoms with Crippen LogP contribution in [0.3, 0.4) is 0 Å². The van der Waals surface area contributed by atoms with Crippen LogP contribution in [0, 0.1) is 0 Å². The van der Waals surface area contributed by atoms with E-state index in [1.165, 1.54) is 12.2 Å². The highest BCUT2D eigenvalue weighted by Crippen LogP contribution is 2.39. The molecule has 2 saturated heterocycles. The van der Waals surface area contributed by atoms with E-state index < -0.39 is 0 Å². The van der Waals surface area contributed by atoms with E-state index >= 15 is 0 Å². The minimum Gasteiger partial charge on any atom is -0.381 e. The van der Waals surface area contributed by atoms with Gasteiger partial charge in [-0.3, -0.25) is 0 Å². The molecule has 1 aromatic rings. The Morgan fingerprint density at radius 3 is 3.00 bits per heavy atom. The van der Waals surface area contributed by atoms with Gasteiger partial charge in [0.05, 0.1) is 16.3 Å². The third-order valence-corrected chi connectivity index (χ3v) is 5.62. The van der Waals surface area contributed by atoms with E-state index in [0.717, 1.165) is 30.9 Å². The summed E-state index contributed by atoms with van der Waals surface area (Å²) < 4.78 is 6.03. The molecule has 2 atom stereocenters. The van der Waals surface area contributed by atoms with Gasteiger partial charge in [0, 0.05) is 23.4 Å². The van der Waals surface area contributed by atoms with Crippen LogP contribution in [0.2, 0.25) is 10.0 Å². The number of halogens is 2. The fraction of sp³-hybridized carbons (Fsp3) is 0.571. The Kier molecular flexibility index (Phi) is 4.18. The van der Waals surface area contributed by atoms with Crippen LogP contribution < -0.4 is 5.32 Å². The summed E-state index contributed by atoms with van der Waals surface area (Å²) >= 11 is 14.1. The first-order valence-electron chi connectivity index (χ1n) is 6.60. The number of rotatable bonds is 2. The normalized spacial score (nSPS) is 30.7. The van der Waals surface area contributed by atoms with E-state index in [9.17, 15) is 0 Å². The number of anilines is 1. The number of hydrogen-bond donors (Lipinski definition) is 1. The maximum absolute atomic E-state index is 6.22. The maximum atomic E-state index is 6.22. The van der Waals surface area contributed by atoms with Crippen LogP contribution in [0.25, 0.3) is 0 Å². The van der Waals surface area contributed by atoms with E-state index in [4.69, 9.17) is 27.9 Å². The Hall–Kier alpha value is -0.0900. The van der Waals surface area contributed by atoms with Gasteiger partial charge in [-0.05, 0) is 43.2 Å². The van der Waals surface area contributed by atoms with Crippen LogP contribution in [-0.2, 0) is 4.74 Å². The standard InChI is InChI=1S/C14H17Cl2NOS/c15-10-1-2-13(12(16)7-10)17-11-3-5-18-14(8-11)4-6-19-9-14/h1-2,7,11,17H,3-6,8-9H2. The summed E-state index contributed by atoms with van der Waals surface area (Å²) in [6.07, 6.45) is 3.27.